The van der Waals surface area contributed by atoms with E-state index in [2.05, 4.69) is 15.4 Å². The number of aromatic nitrogens is 4. The molecular formula is C20H16ClN5O2. The lowest BCUT2D eigenvalue weighted by molar-refractivity contribution is -0.116. The minimum absolute atomic E-state index is 0.137. The first-order valence-corrected chi connectivity index (χ1v) is 8.95. The van der Waals surface area contributed by atoms with Crippen molar-refractivity contribution in [2.75, 3.05) is 5.32 Å². The molecule has 4 aromatic rings. The average Bonchev–Trinajstić information content (AvgIpc) is 3.11. The van der Waals surface area contributed by atoms with E-state index in [1.165, 1.54) is 17.1 Å². The molecule has 8 heteroatoms. The van der Waals surface area contributed by atoms with E-state index in [-0.39, 0.29) is 18.0 Å². The number of aryl methyl sites for hydroxylation is 1. The Morgan fingerprint density at radius 1 is 1.14 bits per heavy atom. The second-order valence-corrected chi connectivity index (χ2v) is 6.75. The molecule has 2 heterocycles. The first kappa shape index (κ1) is 17.9. The van der Waals surface area contributed by atoms with Gasteiger partial charge in [-0.25, -0.2) is 9.67 Å². The Bertz CT molecular complexity index is 1230. The monoisotopic (exact) mass is 393 g/mol. The highest BCUT2D eigenvalue weighted by Gasteiger charge is 2.13. The number of carbonyl (C=O) groups is 1. The minimum Gasteiger partial charge on any atom is -0.324 e. The fraction of sp³-hybridized carbons (Fsp3) is 0.100. The minimum atomic E-state index is -0.329. The number of hydrogen-bond acceptors (Lipinski definition) is 4. The number of para-hydroxylation sites is 1. The zero-order valence-electron chi connectivity index (χ0n) is 15.0. The average molecular weight is 394 g/mol. The summed E-state index contributed by atoms with van der Waals surface area (Å²) in [6, 6.07) is 14.5. The van der Waals surface area contributed by atoms with Gasteiger partial charge in [-0.3, -0.25) is 14.2 Å². The zero-order valence-corrected chi connectivity index (χ0v) is 15.7. The summed E-state index contributed by atoms with van der Waals surface area (Å²) in [5, 5.41) is 8.00. The van der Waals surface area contributed by atoms with Crippen molar-refractivity contribution in [3.05, 3.63) is 82.0 Å². The van der Waals surface area contributed by atoms with E-state index in [1.54, 1.807) is 28.9 Å². The van der Waals surface area contributed by atoms with Crippen LogP contribution >= 0.6 is 11.6 Å². The van der Waals surface area contributed by atoms with E-state index in [9.17, 15) is 9.59 Å². The number of benzene rings is 2. The molecule has 2 aromatic carbocycles. The molecule has 0 spiro atoms. The highest BCUT2D eigenvalue weighted by molar-refractivity contribution is 6.30. The number of anilines is 1. The molecular weight excluding hydrogens is 378 g/mol. The first-order valence-electron chi connectivity index (χ1n) is 8.57. The van der Waals surface area contributed by atoms with Crippen LogP contribution in [0.2, 0.25) is 5.02 Å². The summed E-state index contributed by atoms with van der Waals surface area (Å²) < 4.78 is 2.83. The van der Waals surface area contributed by atoms with Gasteiger partial charge < -0.3 is 5.32 Å². The van der Waals surface area contributed by atoms with Crippen LogP contribution in [0.25, 0.3) is 16.7 Å². The van der Waals surface area contributed by atoms with Crippen molar-refractivity contribution < 1.29 is 4.79 Å². The van der Waals surface area contributed by atoms with E-state index in [1.807, 2.05) is 31.2 Å². The summed E-state index contributed by atoms with van der Waals surface area (Å²) in [6.45, 7) is 1.77. The molecule has 1 amide bonds. The molecule has 2 aromatic heterocycles. The normalized spacial score (nSPS) is 10.9. The van der Waals surface area contributed by atoms with Crippen LogP contribution in [0.4, 0.5) is 5.69 Å². The quantitative estimate of drug-likeness (QED) is 0.577. The van der Waals surface area contributed by atoms with Crippen molar-refractivity contribution in [2.45, 2.75) is 13.5 Å². The fourth-order valence-corrected chi connectivity index (χ4v) is 3.02. The number of rotatable bonds is 4. The Kier molecular flexibility index (Phi) is 4.67. The molecule has 0 aliphatic rings. The van der Waals surface area contributed by atoms with Crippen LogP contribution in [-0.4, -0.2) is 25.2 Å². The molecule has 140 valence electrons. The van der Waals surface area contributed by atoms with Crippen LogP contribution in [0.5, 0.6) is 0 Å². The molecule has 0 aliphatic heterocycles. The van der Waals surface area contributed by atoms with E-state index < -0.39 is 0 Å². The highest BCUT2D eigenvalue weighted by atomic mass is 35.5. The van der Waals surface area contributed by atoms with Crippen molar-refractivity contribution in [2.24, 2.45) is 0 Å². The molecule has 0 bridgehead atoms. The third kappa shape index (κ3) is 3.39. The summed E-state index contributed by atoms with van der Waals surface area (Å²) in [5.41, 5.74) is 2.49. The second kappa shape index (κ2) is 7.28. The van der Waals surface area contributed by atoms with E-state index >= 15 is 0 Å². The number of halogens is 1. The summed E-state index contributed by atoms with van der Waals surface area (Å²) in [7, 11) is 0. The number of fused-ring (bicyclic) bond motifs is 1. The number of carbonyl (C=O) groups excluding carboxylic acids is 1. The van der Waals surface area contributed by atoms with Gasteiger partial charge in [-0.05, 0) is 42.8 Å². The molecule has 0 saturated carbocycles. The molecule has 0 radical (unpaired) electrons. The van der Waals surface area contributed by atoms with Crippen molar-refractivity contribution in [3.63, 3.8) is 0 Å². The summed E-state index contributed by atoms with van der Waals surface area (Å²) in [5.74, 6) is -0.303. The lowest BCUT2D eigenvalue weighted by atomic mass is 10.2. The highest BCUT2D eigenvalue weighted by Crippen LogP contribution is 2.17. The molecule has 7 nitrogen and oxygen atoms in total. The van der Waals surface area contributed by atoms with Gasteiger partial charge in [0.1, 0.15) is 18.3 Å². The molecule has 0 atom stereocenters. The maximum Gasteiger partial charge on any atom is 0.264 e. The molecule has 0 unspecified atom stereocenters. The van der Waals surface area contributed by atoms with Crippen LogP contribution in [0.3, 0.4) is 0 Å². The molecule has 28 heavy (non-hydrogen) atoms. The van der Waals surface area contributed by atoms with Crippen LogP contribution in [-0.2, 0) is 11.3 Å². The van der Waals surface area contributed by atoms with Gasteiger partial charge in [0.2, 0.25) is 5.91 Å². The maximum absolute atomic E-state index is 12.8. The predicted molar refractivity (Wildman–Crippen MR) is 108 cm³/mol. The Morgan fingerprint density at radius 2 is 1.89 bits per heavy atom. The van der Waals surface area contributed by atoms with Gasteiger partial charge in [-0.2, -0.15) is 5.10 Å². The van der Waals surface area contributed by atoms with E-state index in [4.69, 9.17) is 11.6 Å². The van der Waals surface area contributed by atoms with Crippen LogP contribution in [0.1, 0.15) is 5.56 Å². The van der Waals surface area contributed by atoms with Crippen LogP contribution in [0, 0.1) is 6.92 Å². The van der Waals surface area contributed by atoms with Gasteiger partial charge in [0.05, 0.1) is 11.9 Å². The topological polar surface area (TPSA) is 81.8 Å². The van der Waals surface area contributed by atoms with Crippen molar-refractivity contribution in [1.82, 2.24) is 19.3 Å². The molecule has 4 rings (SSSR count). The Morgan fingerprint density at radius 3 is 2.64 bits per heavy atom. The van der Waals surface area contributed by atoms with Gasteiger partial charge in [0.25, 0.3) is 5.56 Å². The van der Waals surface area contributed by atoms with Crippen LogP contribution < -0.4 is 10.9 Å². The number of nitrogens with zero attached hydrogens (tertiary/aromatic N) is 4. The van der Waals surface area contributed by atoms with Gasteiger partial charge in [0.15, 0.2) is 5.65 Å². The van der Waals surface area contributed by atoms with Crippen LogP contribution in [0.15, 0.2) is 65.8 Å². The SMILES string of the molecule is Cc1ccccc1NC(=O)Cn1cnc2c(cnn2-c2ccc(Cl)cc2)c1=O. The molecule has 0 fully saturated rings. The maximum atomic E-state index is 12.8. The Labute approximate surface area is 165 Å². The van der Waals surface area contributed by atoms with E-state index in [0.29, 0.717) is 21.7 Å². The predicted octanol–water partition coefficient (Wildman–Crippen LogP) is 3.18. The number of nitrogens with one attached hydrogen (secondary N) is 1. The largest absolute Gasteiger partial charge is 0.324 e. The second-order valence-electron chi connectivity index (χ2n) is 6.31. The summed E-state index contributed by atoms with van der Waals surface area (Å²) >= 11 is 5.92. The van der Waals surface area contributed by atoms with Gasteiger partial charge in [-0.15, -0.1) is 0 Å². The van der Waals surface area contributed by atoms with Crippen molar-refractivity contribution >= 4 is 34.2 Å². The number of amides is 1. The Balaban J connectivity index is 1.62. The fourth-order valence-electron chi connectivity index (χ4n) is 2.89. The van der Waals surface area contributed by atoms with Crippen molar-refractivity contribution in [1.29, 1.82) is 0 Å². The van der Waals surface area contributed by atoms with Gasteiger partial charge in [0, 0.05) is 10.7 Å². The lowest BCUT2D eigenvalue weighted by Crippen LogP contribution is -2.28. The standard InChI is InChI=1S/C20H16ClN5O2/c1-13-4-2-3-5-17(13)24-18(27)11-25-12-22-19-16(20(25)28)10-23-26(19)15-8-6-14(21)7-9-15/h2-10,12H,11H2,1H3,(H,24,27). The Hall–Kier alpha value is -3.45. The summed E-state index contributed by atoms with van der Waals surface area (Å²) in [6.07, 6.45) is 2.81. The first-order chi connectivity index (χ1) is 13.5. The third-order valence-electron chi connectivity index (χ3n) is 4.36. The third-order valence-corrected chi connectivity index (χ3v) is 4.61. The van der Waals surface area contributed by atoms with E-state index in [0.717, 1.165) is 11.3 Å². The molecule has 0 aliphatic carbocycles. The summed E-state index contributed by atoms with van der Waals surface area (Å²) in [4.78, 5) is 29.4. The zero-order chi connectivity index (χ0) is 19.7. The van der Waals surface area contributed by atoms with Crippen molar-refractivity contribution in [3.8, 4) is 5.69 Å². The lowest BCUT2D eigenvalue weighted by Gasteiger charge is -2.09. The smallest absolute Gasteiger partial charge is 0.264 e. The number of hydrogen-bond donors (Lipinski definition) is 1. The molecule has 1 N–H and O–H groups in total. The van der Waals surface area contributed by atoms with Gasteiger partial charge >= 0.3 is 0 Å². The van der Waals surface area contributed by atoms with Gasteiger partial charge in [-0.1, -0.05) is 29.8 Å². The molecule has 0 saturated heterocycles.